The quantitative estimate of drug-likeness (QED) is 0.875. The third kappa shape index (κ3) is 2.12. The minimum atomic E-state index is -0.264. The second-order valence-corrected chi connectivity index (χ2v) is 4.92. The second-order valence-electron chi connectivity index (χ2n) is 4.92. The average Bonchev–Trinajstić information content (AvgIpc) is 2.69. The van der Waals surface area contributed by atoms with Crippen molar-refractivity contribution >= 4 is 11.6 Å². The Balaban J connectivity index is 1.95. The van der Waals surface area contributed by atoms with Crippen LogP contribution in [0.25, 0.3) is 0 Å². The van der Waals surface area contributed by atoms with E-state index in [0.717, 1.165) is 22.4 Å². The lowest BCUT2D eigenvalue weighted by molar-refractivity contribution is -0.117. The standard InChI is InChI=1S/C16H14FNO/c1-10-4-2-7-13-14(16(19)18-15(10)13)9-11-5-3-6-12(17)8-11/h2-8,14H,9H2,1H3,(H,18,19)/t14-/m0/s1. The van der Waals surface area contributed by atoms with Crippen LogP contribution < -0.4 is 5.32 Å². The molecule has 1 atom stereocenters. The summed E-state index contributed by atoms with van der Waals surface area (Å²) in [6.07, 6.45) is 0.528. The molecule has 3 heteroatoms. The number of para-hydroxylation sites is 1. The van der Waals surface area contributed by atoms with Gasteiger partial charge in [-0.1, -0.05) is 30.3 Å². The van der Waals surface area contributed by atoms with Crippen LogP contribution in [0.2, 0.25) is 0 Å². The molecule has 19 heavy (non-hydrogen) atoms. The monoisotopic (exact) mass is 255 g/mol. The Labute approximate surface area is 111 Å². The zero-order valence-electron chi connectivity index (χ0n) is 10.6. The summed E-state index contributed by atoms with van der Waals surface area (Å²) in [7, 11) is 0. The summed E-state index contributed by atoms with van der Waals surface area (Å²) in [5.41, 5.74) is 3.82. The largest absolute Gasteiger partial charge is 0.325 e. The number of rotatable bonds is 2. The van der Waals surface area contributed by atoms with E-state index in [-0.39, 0.29) is 17.6 Å². The van der Waals surface area contributed by atoms with Crippen LogP contribution >= 0.6 is 0 Å². The highest BCUT2D eigenvalue weighted by atomic mass is 19.1. The summed E-state index contributed by atoms with van der Waals surface area (Å²) in [5.74, 6) is -0.495. The smallest absolute Gasteiger partial charge is 0.232 e. The highest BCUT2D eigenvalue weighted by Crippen LogP contribution is 2.36. The van der Waals surface area contributed by atoms with Gasteiger partial charge in [-0.15, -0.1) is 0 Å². The van der Waals surface area contributed by atoms with Crippen molar-refractivity contribution < 1.29 is 9.18 Å². The summed E-state index contributed by atoms with van der Waals surface area (Å²) in [6, 6.07) is 12.3. The van der Waals surface area contributed by atoms with E-state index < -0.39 is 0 Å². The molecule has 1 amide bonds. The molecule has 0 saturated heterocycles. The van der Waals surface area contributed by atoms with Gasteiger partial charge in [0, 0.05) is 5.69 Å². The first-order valence-corrected chi connectivity index (χ1v) is 6.30. The van der Waals surface area contributed by atoms with Gasteiger partial charge in [0.2, 0.25) is 5.91 Å². The van der Waals surface area contributed by atoms with E-state index >= 15 is 0 Å². The topological polar surface area (TPSA) is 29.1 Å². The predicted molar refractivity (Wildman–Crippen MR) is 72.7 cm³/mol. The highest BCUT2D eigenvalue weighted by molar-refractivity contribution is 6.03. The average molecular weight is 255 g/mol. The van der Waals surface area contributed by atoms with Gasteiger partial charge in [-0.25, -0.2) is 4.39 Å². The Hall–Kier alpha value is -2.16. The fourth-order valence-corrected chi connectivity index (χ4v) is 2.61. The van der Waals surface area contributed by atoms with E-state index in [2.05, 4.69) is 5.32 Å². The Morgan fingerprint density at radius 3 is 2.79 bits per heavy atom. The molecule has 0 bridgehead atoms. The molecule has 2 nitrogen and oxygen atoms in total. The molecule has 1 N–H and O–H groups in total. The Morgan fingerprint density at radius 2 is 2.00 bits per heavy atom. The fraction of sp³-hybridized carbons (Fsp3) is 0.188. The third-order valence-electron chi connectivity index (χ3n) is 3.57. The number of hydrogen-bond donors (Lipinski definition) is 1. The lowest BCUT2D eigenvalue weighted by atomic mass is 9.92. The van der Waals surface area contributed by atoms with E-state index in [0.29, 0.717) is 6.42 Å². The molecule has 96 valence electrons. The first-order chi connectivity index (χ1) is 9.15. The number of amides is 1. The number of aryl methyl sites for hydroxylation is 1. The Bertz CT molecular complexity index is 651. The van der Waals surface area contributed by atoms with Crippen LogP contribution in [0.1, 0.15) is 22.6 Å². The predicted octanol–water partition coefficient (Wildman–Crippen LogP) is 3.41. The zero-order valence-corrected chi connectivity index (χ0v) is 10.6. The maximum Gasteiger partial charge on any atom is 0.232 e. The number of anilines is 1. The van der Waals surface area contributed by atoms with Crippen molar-refractivity contribution in [2.24, 2.45) is 0 Å². The van der Waals surface area contributed by atoms with Crippen LogP contribution in [-0.2, 0) is 11.2 Å². The molecule has 2 aromatic carbocycles. The number of carbonyl (C=O) groups is 1. The summed E-state index contributed by atoms with van der Waals surface area (Å²) in [5, 5.41) is 2.92. The molecule has 1 aliphatic rings. The Morgan fingerprint density at radius 1 is 1.21 bits per heavy atom. The van der Waals surface area contributed by atoms with Gasteiger partial charge >= 0.3 is 0 Å². The highest BCUT2D eigenvalue weighted by Gasteiger charge is 2.31. The maximum absolute atomic E-state index is 13.2. The van der Waals surface area contributed by atoms with Gasteiger partial charge in [0.1, 0.15) is 5.82 Å². The summed E-state index contributed by atoms with van der Waals surface area (Å²) < 4.78 is 13.2. The fourth-order valence-electron chi connectivity index (χ4n) is 2.61. The molecule has 0 spiro atoms. The molecular formula is C16H14FNO. The molecule has 0 saturated carbocycles. The van der Waals surface area contributed by atoms with Crippen LogP contribution in [0, 0.1) is 12.7 Å². The number of benzene rings is 2. The molecule has 1 aliphatic heterocycles. The molecule has 0 fully saturated rings. The van der Waals surface area contributed by atoms with Gasteiger partial charge < -0.3 is 5.32 Å². The van der Waals surface area contributed by atoms with Crippen molar-refractivity contribution in [3.63, 3.8) is 0 Å². The van der Waals surface area contributed by atoms with Crippen molar-refractivity contribution in [2.45, 2.75) is 19.3 Å². The normalized spacial score (nSPS) is 17.2. The van der Waals surface area contributed by atoms with Crippen molar-refractivity contribution in [3.8, 4) is 0 Å². The molecule has 1 heterocycles. The first-order valence-electron chi connectivity index (χ1n) is 6.30. The van der Waals surface area contributed by atoms with E-state index in [1.165, 1.54) is 12.1 Å². The lowest BCUT2D eigenvalue weighted by Crippen LogP contribution is -2.14. The third-order valence-corrected chi connectivity index (χ3v) is 3.57. The van der Waals surface area contributed by atoms with Crippen molar-refractivity contribution in [2.75, 3.05) is 5.32 Å². The van der Waals surface area contributed by atoms with E-state index in [1.54, 1.807) is 6.07 Å². The summed E-state index contributed by atoms with van der Waals surface area (Å²) in [6.45, 7) is 1.98. The van der Waals surface area contributed by atoms with Crippen molar-refractivity contribution in [1.29, 1.82) is 0 Å². The number of carbonyl (C=O) groups excluding carboxylic acids is 1. The Kier molecular flexibility index (Phi) is 2.82. The van der Waals surface area contributed by atoms with Crippen LogP contribution in [-0.4, -0.2) is 5.91 Å². The van der Waals surface area contributed by atoms with Crippen molar-refractivity contribution in [3.05, 3.63) is 65.0 Å². The van der Waals surface area contributed by atoms with E-state index in [1.807, 2.05) is 31.2 Å². The van der Waals surface area contributed by atoms with Crippen LogP contribution in [0.5, 0.6) is 0 Å². The SMILES string of the molecule is Cc1cccc2c1NC(=O)[C@H]2Cc1cccc(F)c1. The lowest BCUT2D eigenvalue weighted by Gasteiger charge is -2.09. The van der Waals surface area contributed by atoms with Crippen LogP contribution in [0.15, 0.2) is 42.5 Å². The number of nitrogens with one attached hydrogen (secondary N) is 1. The van der Waals surface area contributed by atoms with Crippen LogP contribution in [0.3, 0.4) is 0 Å². The zero-order chi connectivity index (χ0) is 13.4. The van der Waals surface area contributed by atoms with Gasteiger partial charge in [0.05, 0.1) is 5.92 Å². The molecule has 0 unspecified atom stereocenters. The first kappa shape index (κ1) is 11.9. The van der Waals surface area contributed by atoms with Gasteiger partial charge in [0.15, 0.2) is 0 Å². The van der Waals surface area contributed by atoms with Gasteiger partial charge in [-0.3, -0.25) is 4.79 Å². The van der Waals surface area contributed by atoms with Gasteiger partial charge in [0.25, 0.3) is 0 Å². The number of halogens is 1. The van der Waals surface area contributed by atoms with Crippen molar-refractivity contribution in [1.82, 2.24) is 0 Å². The second kappa shape index (κ2) is 4.50. The molecule has 3 rings (SSSR count). The molecule has 0 aliphatic carbocycles. The molecular weight excluding hydrogens is 241 g/mol. The van der Waals surface area contributed by atoms with Crippen LogP contribution in [0.4, 0.5) is 10.1 Å². The minimum absolute atomic E-state index is 0.00596. The maximum atomic E-state index is 13.2. The molecule has 0 aromatic heterocycles. The molecule has 2 aromatic rings. The minimum Gasteiger partial charge on any atom is -0.325 e. The van der Waals surface area contributed by atoms with Gasteiger partial charge in [-0.2, -0.15) is 0 Å². The van der Waals surface area contributed by atoms with Gasteiger partial charge in [-0.05, 0) is 42.2 Å². The number of fused-ring (bicyclic) bond motifs is 1. The molecule has 0 radical (unpaired) electrons. The summed E-state index contributed by atoms with van der Waals surface area (Å²) >= 11 is 0. The number of hydrogen-bond acceptors (Lipinski definition) is 1. The van der Waals surface area contributed by atoms with E-state index in [4.69, 9.17) is 0 Å². The summed E-state index contributed by atoms with van der Waals surface area (Å²) in [4.78, 5) is 12.1. The van der Waals surface area contributed by atoms with E-state index in [9.17, 15) is 9.18 Å².